The van der Waals surface area contributed by atoms with Crippen molar-refractivity contribution in [2.24, 2.45) is 0 Å². The lowest BCUT2D eigenvalue weighted by Crippen LogP contribution is -2.42. The van der Waals surface area contributed by atoms with E-state index < -0.39 is 16.1 Å². The number of halogens is 1. The van der Waals surface area contributed by atoms with E-state index in [-0.39, 0.29) is 28.3 Å². The number of methoxy groups -OCH3 is 1. The quantitative estimate of drug-likeness (QED) is 0.662. The van der Waals surface area contributed by atoms with Crippen LogP contribution in [0.15, 0.2) is 29.3 Å². The average Bonchev–Trinajstić information content (AvgIpc) is 3.32. The number of aliphatic hydroxyl groups excluding tert-OH is 1. The molecule has 0 radical (unpaired) electrons. The molecular formula is C20H25ClN4O5S. The Morgan fingerprint density at radius 1 is 1.32 bits per heavy atom. The third-order valence-electron chi connectivity index (χ3n) is 5.50. The molecule has 2 saturated heterocycles. The van der Waals surface area contributed by atoms with Gasteiger partial charge < -0.3 is 19.9 Å². The van der Waals surface area contributed by atoms with Crippen LogP contribution in [0.4, 0.5) is 5.95 Å². The Hall–Kier alpha value is -1.98. The first-order valence-electron chi connectivity index (χ1n) is 10.1. The molecule has 0 aliphatic carbocycles. The van der Waals surface area contributed by atoms with Gasteiger partial charge in [-0.05, 0) is 37.5 Å². The predicted octanol–water partition coefficient (Wildman–Crippen LogP) is 2.15. The van der Waals surface area contributed by atoms with E-state index in [9.17, 15) is 13.5 Å². The van der Waals surface area contributed by atoms with Crippen LogP contribution < -0.4 is 10.1 Å². The minimum Gasteiger partial charge on any atom is -0.495 e. The van der Waals surface area contributed by atoms with Gasteiger partial charge in [0.15, 0.2) is 0 Å². The lowest BCUT2D eigenvalue weighted by atomic mass is 10.1. The molecule has 1 aromatic carbocycles. The van der Waals surface area contributed by atoms with Crippen LogP contribution in [0.2, 0.25) is 5.02 Å². The zero-order chi connectivity index (χ0) is 22.0. The lowest BCUT2D eigenvalue weighted by Gasteiger charge is -2.28. The molecule has 0 amide bonds. The first-order valence-corrected chi connectivity index (χ1v) is 12.0. The number of nitrogens with zero attached hydrogens (tertiary/aromatic N) is 3. The minimum atomic E-state index is -3.71. The van der Waals surface area contributed by atoms with Crippen LogP contribution in [0.3, 0.4) is 0 Å². The van der Waals surface area contributed by atoms with Crippen molar-refractivity contribution >= 4 is 27.6 Å². The number of aromatic nitrogens is 2. The zero-order valence-electron chi connectivity index (χ0n) is 17.1. The molecule has 2 N–H and O–H groups in total. The molecule has 4 rings (SSSR count). The number of hydrogen-bond donors (Lipinski definition) is 2. The molecule has 9 nitrogen and oxygen atoms in total. The van der Waals surface area contributed by atoms with Gasteiger partial charge >= 0.3 is 0 Å². The second kappa shape index (κ2) is 9.25. The fourth-order valence-electron chi connectivity index (χ4n) is 3.79. The molecule has 168 valence electrons. The Morgan fingerprint density at radius 2 is 2.10 bits per heavy atom. The molecule has 0 spiro atoms. The molecular weight excluding hydrogens is 444 g/mol. The Bertz CT molecular complexity index is 1050. The highest BCUT2D eigenvalue weighted by Gasteiger charge is 2.31. The van der Waals surface area contributed by atoms with Crippen molar-refractivity contribution in [1.29, 1.82) is 0 Å². The topological polar surface area (TPSA) is 114 Å². The summed E-state index contributed by atoms with van der Waals surface area (Å²) in [6, 6.07) is 4.60. The molecule has 1 aromatic heterocycles. The second-order valence-corrected chi connectivity index (χ2v) is 9.86. The summed E-state index contributed by atoms with van der Waals surface area (Å²) in [4.78, 5) is 8.78. The summed E-state index contributed by atoms with van der Waals surface area (Å²) >= 11 is 6.36. The summed E-state index contributed by atoms with van der Waals surface area (Å²) in [5, 5.41) is 13.5. The number of aliphatic hydroxyl groups is 1. The Kier molecular flexibility index (Phi) is 6.63. The molecule has 0 saturated carbocycles. The Balaban J connectivity index is 1.69. The maximum Gasteiger partial charge on any atom is 0.246 e. The van der Waals surface area contributed by atoms with Crippen molar-refractivity contribution < 1.29 is 23.0 Å². The summed E-state index contributed by atoms with van der Waals surface area (Å²) in [7, 11) is -2.26. The maximum atomic E-state index is 13.2. The normalized spacial score (nSPS) is 22.4. The van der Waals surface area contributed by atoms with Gasteiger partial charge in [-0.15, -0.1) is 0 Å². The number of sulfonamides is 1. The predicted molar refractivity (Wildman–Crippen MR) is 116 cm³/mol. The zero-order valence-corrected chi connectivity index (χ0v) is 18.7. The standard InChI is InChI=1S/C20H25ClN4O5S/c1-29-17-5-4-13(10-18(17)31(27,28)25-7-2-3-8-25)19-14(21)11-22-20(24-19)23-15-6-9-30-12-16(15)26/h4-5,10-11,15-16,26H,2-3,6-9,12H2,1H3,(H,22,23,24)/t15-,16-/m1/s1. The molecule has 3 heterocycles. The number of anilines is 1. The Labute approximate surface area is 186 Å². The van der Waals surface area contributed by atoms with Gasteiger partial charge in [-0.1, -0.05) is 11.6 Å². The minimum absolute atomic E-state index is 0.0819. The summed E-state index contributed by atoms with van der Waals surface area (Å²) in [6.45, 7) is 1.76. The first-order chi connectivity index (χ1) is 14.9. The van der Waals surface area contributed by atoms with Gasteiger partial charge in [-0.25, -0.2) is 18.4 Å². The fraction of sp³-hybridized carbons (Fsp3) is 0.500. The van der Waals surface area contributed by atoms with Crippen LogP contribution in [0.5, 0.6) is 5.75 Å². The number of nitrogens with one attached hydrogen (secondary N) is 1. The van der Waals surface area contributed by atoms with E-state index in [1.807, 2.05) is 0 Å². The van der Waals surface area contributed by atoms with Gasteiger partial charge in [0.25, 0.3) is 0 Å². The number of rotatable bonds is 6. The summed E-state index contributed by atoms with van der Waals surface area (Å²) in [5.74, 6) is 0.564. The van der Waals surface area contributed by atoms with Crippen LogP contribution >= 0.6 is 11.6 Å². The van der Waals surface area contributed by atoms with Gasteiger partial charge in [0.2, 0.25) is 16.0 Å². The van der Waals surface area contributed by atoms with Crippen molar-refractivity contribution in [2.75, 3.05) is 38.7 Å². The van der Waals surface area contributed by atoms with Crippen molar-refractivity contribution in [3.63, 3.8) is 0 Å². The van der Waals surface area contributed by atoms with E-state index >= 15 is 0 Å². The van der Waals surface area contributed by atoms with Gasteiger partial charge in [0, 0.05) is 25.3 Å². The van der Waals surface area contributed by atoms with Gasteiger partial charge in [-0.2, -0.15) is 4.31 Å². The number of hydrogen-bond acceptors (Lipinski definition) is 8. The van der Waals surface area contributed by atoms with Crippen LogP contribution in [0.1, 0.15) is 19.3 Å². The highest BCUT2D eigenvalue weighted by atomic mass is 35.5. The van der Waals surface area contributed by atoms with Crippen molar-refractivity contribution in [2.45, 2.75) is 36.3 Å². The average molecular weight is 469 g/mol. The van der Waals surface area contributed by atoms with Crippen LogP contribution in [-0.4, -0.2) is 73.4 Å². The highest BCUT2D eigenvalue weighted by molar-refractivity contribution is 7.89. The number of ether oxygens (including phenoxy) is 2. The molecule has 2 aliphatic rings. The molecule has 2 fully saturated rings. The molecule has 31 heavy (non-hydrogen) atoms. The molecule has 0 bridgehead atoms. The monoisotopic (exact) mass is 468 g/mol. The molecule has 0 unspecified atom stereocenters. The third kappa shape index (κ3) is 4.63. The van der Waals surface area contributed by atoms with Crippen molar-refractivity contribution in [3.05, 3.63) is 29.4 Å². The van der Waals surface area contributed by atoms with Crippen LogP contribution in [0, 0.1) is 0 Å². The summed E-state index contributed by atoms with van der Waals surface area (Å²) < 4.78 is 38.4. The third-order valence-corrected chi connectivity index (χ3v) is 7.70. The molecule has 2 atom stereocenters. The van der Waals surface area contributed by atoms with E-state index in [1.165, 1.54) is 23.7 Å². The molecule has 2 aromatic rings. The second-order valence-electron chi connectivity index (χ2n) is 7.55. The summed E-state index contributed by atoms with van der Waals surface area (Å²) in [6.07, 6.45) is 3.08. The summed E-state index contributed by atoms with van der Waals surface area (Å²) in [5.41, 5.74) is 0.919. The largest absolute Gasteiger partial charge is 0.495 e. The van der Waals surface area contributed by atoms with Crippen LogP contribution in [-0.2, 0) is 14.8 Å². The van der Waals surface area contributed by atoms with E-state index in [0.717, 1.165) is 12.8 Å². The highest BCUT2D eigenvalue weighted by Crippen LogP contribution is 2.35. The van der Waals surface area contributed by atoms with Crippen LogP contribution in [0.25, 0.3) is 11.3 Å². The fourth-order valence-corrected chi connectivity index (χ4v) is 5.69. The van der Waals surface area contributed by atoms with E-state index in [1.54, 1.807) is 12.1 Å². The van der Waals surface area contributed by atoms with Gasteiger partial charge in [0.1, 0.15) is 10.6 Å². The van der Waals surface area contributed by atoms with E-state index in [2.05, 4.69) is 15.3 Å². The molecule has 2 aliphatic heterocycles. The lowest BCUT2D eigenvalue weighted by molar-refractivity contribution is -0.0136. The Morgan fingerprint density at radius 3 is 2.81 bits per heavy atom. The van der Waals surface area contributed by atoms with Gasteiger partial charge in [0.05, 0.1) is 42.8 Å². The van der Waals surface area contributed by atoms with Gasteiger partial charge in [-0.3, -0.25) is 0 Å². The van der Waals surface area contributed by atoms with Crippen molar-refractivity contribution in [1.82, 2.24) is 14.3 Å². The molecule has 11 heteroatoms. The smallest absolute Gasteiger partial charge is 0.246 e. The first kappa shape index (κ1) is 22.2. The SMILES string of the molecule is COc1ccc(-c2nc(N[C@@H]3CCOC[C@H]3O)ncc2Cl)cc1S(=O)(=O)N1CCCC1. The maximum absolute atomic E-state index is 13.2. The van der Waals surface area contributed by atoms with E-state index in [0.29, 0.717) is 43.3 Å². The van der Waals surface area contributed by atoms with Crippen molar-refractivity contribution in [3.8, 4) is 17.0 Å². The number of benzene rings is 1. The van der Waals surface area contributed by atoms with E-state index in [4.69, 9.17) is 21.1 Å².